The zero-order valence-corrected chi connectivity index (χ0v) is 11.5. The molecule has 1 fully saturated rings. The molecule has 0 spiro atoms. The quantitative estimate of drug-likeness (QED) is 0.872. The van der Waals surface area contributed by atoms with Crippen molar-refractivity contribution in [3.8, 4) is 5.75 Å². The Morgan fingerprint density at radius 2 is 2.05 bits per heavy atom. The van der Waals surface area contributed by atoms with Crippen molar-refractivity contribution < 1.29 is 14.7 Å². The fraction of sp³-hybridized carbons (Fsp3) is 0.400. The highest BCUT2D eigenvalue weighted by atomic mass is 16.3. The van der Waals surface area contributed by atoms with Gasteiger partial charge in [-0.2, -0.15) is 0 Å². The molecule has 2 rings (SSSR count). The first-order valence-corrected chi connectivity index (χ1v) is 6.75. The Bertz CT molecular complexity index is 478. The Morgan fingerprint density at radius 1 is 1.35 bits per heavy atom. The van der Waals surface area contributed by atoms with E-state index in [-0.39, 0.29) is 24.1 Å². The lowest BCUT2D eigenvalue weighted by Gasteiger charge is -2.23. The van der Waals surface area contributed by atoms with Crippen LogP contribution < -0.4 is 5.32 Å². The first kappa shape index (κ1) is 14.4. The van der Waals surface area contributed by atoms with Gasteiger partial charge in [-0.25, -0.2) is 0 Å². The normalized spacial score (nSPS) is 15.9. The van der Waals surface area contributed by atoms with Crippen molar-refractivity contribution in [2.24, 2.45) is 0 Å². The number of benzene rings is 1. The van der Waals surface area contributed by atoms with Crippen LogP contribution >= 0.6 is 0 Å². The second kappa shape index (κ2) is 6.41. The molecule has 1 aliphatic rings. The van der Waals surface area contributed by atoms with Gasteiger partial charge >= 0.3 is 0 Å². The van der Waals surface area contributed by atoms with Crippen LogP contribution in [0.25, 0.3) is 0 Å². The number of carbonyl (C=O) groups is 2. The number of rotatable bonds is 4. The number of phenolic OH excluding ortho intramolecular Hbond substituents is 1. The summed E-state index contributed by atoms with van der Waals surface area (Å²) in [6.07, 6.45) is 1.89. The summed E-state index contributed by atoms with van der Waals surface area (Å²) in [5.41, 5.74) is 0.793. The Kier molecular flexibility index (Phi) is 4.61. The number of phenols is 1. The van der Waals surface area contributed by atoms with E-state index in [0.29, 0.717) is 0 Å². The number of aromatic hydroxyl groups is 1. The summed E-state index contributed by atoms with van der Waals surface area (Å²) in [4.78, 5) is 25.3. The Hall–Kier alpha value is -2.04. The van der Waals surface area contributed by atoms with E-state index < -0.39 is 5.92 Å². The van der Waals surface area contributed by atoms with Gasteiger partial charge in [0.2, 0.25) is 11.8 Å². The molecule has 1 aliphatic heterocycles. The number of hydrogen-bond donors (Lipinski definition) is 2. The maximum atomic E-state index is 12.5. The van der Waals surface area contributed by atoms with Gasteiger partial charge in [-0.05, 0) is 30.5 Å². The monoisotopic (exact) mass is 275 g/mol. The molecular formula is C15H19N2O3. The minimum Gasteiger partial charge on any atom is -0.508 e. The lowest BCUT2D eigenvalue weighted by atomic mass is 9.97. The predicted molar refractivity (Wildman–Crippen MR) is 74.8 cm³/mol. The van der Waals surface area contributed by atoms with Crippen LogP contribution in [0.1, 0.15) is 31.2 Å². The molecular weight excluding hydrogens is 256 g/mol. The summed E-state index contributed by atoms with van der Waals surface area (Å²) in [6, 6.07) is 6.54. The van der Waals surface area contributed by atoms with Crippen molar-refractivity contribution in [2.45, 2.75) is 25.7 Å². The number of hydrogen-bond acceptors (Lipinski definition) is 3. The molecule has 0 aliphatic carbocycles. The van der Waals surface area contributed by atoms with Crippen LogP contribution in [0.15, 0.2) is 24.3 Å². The van der Waals surface area contributed by atoms with Gasteiger partial charge in [-0.3, -0.25) is 9.59 Å². The standard InChI is InChI=1S/C15H19N2O3/c1-11(18)16-10-14(12-4-6-13(19)7-5-12)15(20)17-8-2-3-9-17/h4-8,14,19H,2-3,9-10H2,1H3,(H,16,18). The average Bonchev–Trinajstić information content (AvgIpc) is 2.94. The fourth-order valence-corrected chi connectivity index (χ4v) is 2.30. The van der Waals surface area contributed by atoms with Crippen molar-refractivity contribution in [1.29, 1.82) is 0 Å². The molecule has 0 bridgehead atoms. The van der Waals surface area contributed by atoms with E-state index in [4.69, 9.17) is 0 Å². The van der Waals surface area contributed by atoms with Crippen molar-refractivity contribution >= 4 is 11.8 Å². The zero-order chi connectivity index (χ0) is 14.5. The molecule has 1 saturated heterocycles. The number of carbonyl (C=O) groups excluding carboxylic acids is 2. The maximum absolute atomic E-state index is 12.5. The molecule has 5 heteroatoms. The van der Waals surface area contributed by atoms with Gasteiger partial charge in [0.05, 0.1) is 12.5 Å². The highest BCUT2D eigenvalue weighted by molar-refractivity contribution is 5.85. The SMILES string of the molecule is CC(=O)NCC(C(=O)N1[CH]CCC1)c1ccc(O)cc1. The lowest BCUT2D eigenvalue weighted by Crippen LogP contribution is -2.37. The molecule has 1 radical (unpaired) electrons. The molecule has 2 amide bonds. The minimum absolute atomic E-state index is 0.0121. The highest BCUT2D eigenvalue weighted by Gasteiger charge is 2.28. The molecule has 2 N–H and O–H groups in total. The highest BCUT2D eigenvalue weighted by Crippen LogP contribution is 2.24. The molecule has 5 nitrogen and oxygen atoms in total. The van der Waals surface area contributed by atoms with Crippen LogP contribution in [0, 0.1) is 6.54 Å². The first-order valence-electron chi connectivity index (χ1n) is 6.75. The fourth-order valence-electron chi connectivity index (χ4n) is 2.30. The maximum Gasteiger partial charge on any atom is 0.232 e. The zero-order valence-electron chi connectivity index (χ0n) is 11.5. The van der Waals surface area contributed by atoms with E-state index in [9.17, 15) is 14.7 Å². The second-order valence-electron chi connectivity index (χ2n) is 4.94. The number of nitrogens with one attached hydrogen (secondary N) is 1. The second-order valence-corrected chi connectivity index (χ2v) is 4.94. The molecule has 1 aromatic rings. The third-order valence-electron chi connectivity index (χ3n) is 3.38. The minimum atomic E-state index is -0.422. The van der Waals surface area contributed by atoms with Gasteiger partial charge in [0.25, 0.3) is 0 Å². The van der Waals surface area contributed by atoms with Crippen LogP contribution in [-0.2, 0) is 9.59 Å². The summed E-state index contributed by atoms with van der Waals surface area (Å²) < 4.78 is 0. The average molecular weight is 275 g/mol. The molecule has 1 aromatic carbocycles. The smallest absolute Gasteiger partial charge is 0.232 e. The van der Waals surface area contributed by atoms with Crippen molar-refractivity contribution in [1.82, 2.24) is 10.2 Å². The Balaban J connectivity index is 2.16. The Morgan fingerprint density at radius 3 is 2.60 bits per heavy atom. The van der Waals surface area contributed by atoms with E-state index >= 15 is 0 Å². The van der Waals surface area contributed by atoms with Crippen LogP contribution in [0.2, 0.25) is 0 Å². The van der Waals surface area contributed by atoms with Gasteiger partial charge in [0, 0.05) is 20.0 Å². The van der Waals surface area contributed by atoms with Gasteiger partial charge < -0.3 is 15.3 Å². The van der Waals surface area contributed by atoms with E-state index in [1.165, 1.54) is 6.92 Å². The number of likely N-dealkylation sites (tertiary alicyclic amines) is 1. The molecule has 0 aromatic heterocycles. The molecule has 107 valence electrons. The number of nitrogens with zero attached hydrogens (tertiary/aromatic N) is 1. The molecule has 1 unspecified atom stereocenters. The van der Waals surface area contributed by atoms with Gasteiger partial charge in [-0.15, -0.1) is 0 Å². The van der Waals surface area contributed by atoms with Crippen LogP contribution in [0.3, 0.4) is 0 Å². The number of amides is 2. The van der Waals surface area contributed by atoms with Gasteiger partial charge in [0.1, 0.15) is 5.75 Å². The van der Waals surface area contributed by atoms with Crippen LogP contribution in [0.4, 0.5) is 0 Å². The van der Waals surface area contributed by atoms with Gasteiger partial charge in [0.15, 0.2) is 0 Å². The van der Waals surface area contributed by atoms with Crippen molar-refractivity contribution in [3.63, 3.8) is 0 Å². The summed E-state index contributed by atoms with van der Waals surface area (Å²) in [6.45, 7) is 4.33. The topological polar surface area (TPSA) is 69.6 Å². The summed E-state index contributed by atoms with van der Waals surface area (Å²) in [5.74, 6) is -0.435. The van der Waals surface area contributed by atoms with E-state index in [0.717, 1.165) is 24.9 Å². The summed E-state index contributed by atoms with van der Waals surface area (Å²) >= 11 is 0. The van der Waals surface area contributed by atoms with Crippen LogP contribution in [0.5, 0.6) is 5.75 Å². The third kappa shape index (κ3) is 3.50. The van der Waals surface area contributed by atoms with E-state index in [1.54, 1.807) is 29.2 Å². The molecule has 20 heavy (non-hydrogen) atoms. The Labute approximate surface area is 118 Å². The summed E-state index contributed by atoms with van der Waals surface area (Å²) in [7, 11) is 0. The largest absolute Gasteiger partial charge is 0.508 e. The van der Waals surface area contributed by atoms with Crippen molar-refractivity contribution in [3.05, 3.63) is 36.4 Å². The molecule has 1 heterocycles. The first-order chi connectivity index (χ1) is 9.58. The third-order valence-corrected chi connectivity index (χ3v) is 3.38. The molecule has 0 saturated carbocycles. The molecule has 1 atom stereocenters. The predicted octanol–water partition coefficient (Wildman–Crippen LogP) is 1.40. The van der Waals surface area contributed by atoms with Crippen molar-refractivity contribution in [2.75, 3.05) is 13.1 Å². The van der Waals surface area contributed by atoms with Crippen LogP contribution in [-0.4, -0.2) is 34.9 Å². The van der Waals surface area contributed by atoms with E-state index in [2.05, 4.69) is 5.32 Å². The van der Waals surface area contributed by atoms with Gasteiger partial charge in [-0.1, -0.05) is 12.1 Å². The summed E-state index contributed by atoms with van der Waals surface area (Å²) in [5, 5.41) is 12.0. The van der Waals surface area contributed by atoms with E-state index in [1.807, 2.05) is 6.54 Å². The lowest BCUT2D eigenvalue weighted by molar-refractivity contribution is -0.130.